The standard InChI is InChI=1S/C50H41ClN4O7S/c1-26-34-23-30(51)14-21-41(34)63-45(26)38-25-42(53(3)52-38)55-47(59)37-24-35-32(36(50(37,2)49(55)61)19-10-27-11-20-39(56)40(22-27)62-4)17-18-33-43(35)48(60)54(46(33)58)31-15-12-29(13-16-31)44(57)28-8-6-5-7-9-28/h5-17,19-23,25,33,35-37,43,56H,18,24H2,1-4H3. The van der Waals surface area contributed by atoms with Gasteiger partial charge in [0.15, 0.2) is 17.3 Å². The molecule has 4 heterocycles. The second-order valence-electron chi connectivity index (χ2n) is 17.0. The third kappa shape index (κ3) is 6.21. The van der Waals surface area contributed by atoms with Gasteiger partial charge in [0.2, 0.25) is 23.6 Å². The first-order chi connectivity index (χ1) is 30.3. The zero-order chi connectivity index (χ0) is 44.1. The van der Waals surface area contributed by atoms with Gasteiger partial charge in [-0.15, -0.1) is 11.3 Å². The number of amides is 4. The molecule has 1 N–H and O–H groups in total. The first-order valence-corrected chi connectivity index (χ1v) is 21.9. The highest BCUT2D eigenvalue weighted by molar-refractivity contribution is 7.22. The van der Waals surface area contributed by atoms with Crippen LogP contribution in [0, 0.1) is 41.9 Å². The molecule has 10 rings (SSSR count). The summed E-state index contributed by atoms with van der Waals surface area (Å²) >= 11 is 7.90. The topological polar surface area (TPSA) is 139 Å². The molecule has 4 amide bonds. The summed E-state index contributed by atoms with van der Waals surface area (Å²) in [7, 11) is 3.18. The van der Waals surface area contributed by atoms with E-state index in [4.69, 9.17) is 21.4 Å². The number of imide groups is 2. The Hall–Kier alpha value is -6.63. The van der Waals surface area contributed by atoms with Crippen molar-refractivity contribution in [3.63, 3.8) is 0 Å². The Morgan fingerprint density at radius 1 is 0.905 bits per heavy atom. The molecule has 2 aromatic heterocycles. The lowest BCUT2D eigenvalue weighted by molar-refractivity contribution is -0.132. The molecule has 63 heavy (non-hydrogen) atoms. The molecular weight excluding hydrogens is 836 g/mol. The van der Waals surface area contributed by atoms with Gasteiger partial charge >= 0.3 is 0 Å². The number of nitrogens with zero attached hydrogens (tertiary/aromatic N) is 4. The summed E-state index contributed by atoms with van der Waals surface area (Å²) in [5.41, 5.74) is 3.18. The number of thiophene rings is 1. The van der Waals surface area contributed by atoms with E-state index in [1.165, 1.54) is 23.0 Å². The van der Waals surface area contributed by atoms with E-state index in [9.17, 15) is 19.5 Å². The van der Waals surface area contributed by atoms with E-state index in [2.05, 4.69) is 0 Å². The number of aromatic hydroxyl groups is 1. The highest BCUT2D eigenvalue weighted by Gasteiger charge is 2.67. The highest BCUT2D eigenvalue weighted by Crippen LogP contribution is 2.61. The van der Waals surface area contributed by atoms with Gasteiger partial charge < -0.3 is 9.84 Å². The Bertz CT molecular complexity index is 3010. The van der Waals surface area contributed by atoms with Crippen molar-refractivity contribution >= 4 is 80.0 Å². The Morgan fingerprint density at radius 2 is 1.65 bits per heavy atom. The minimum atomic E-state index is -1.27. The van der Waals surface area contributed by atoms with E-state index in [0.29, 0.717) is 38.9 Å². The van der Waals surface area contributed by atoms with Crippen LogP contribution in [-0.2, 0) is 26.2 Å². The third-order valence-corrected chi connectivity index (χ3v) is 15.2. The molecule has 4 aliphatic rings. The number of carbonyl (C=O) groups excluding carboxylic acids is 5. The molecule has 0 radical (unpaired) electrons. The number of hydrogen-bond acceptors (Lipinski definition) is 9. The van der Waals surface area contributed by atoms with Crippen molar-refractivity contribution in [2.24, 2.45) is 42.1 Å². The molecule has 2 aliphatic heterocycles. The Kier molecular flexibility index (Phi) is 9.65. The van der Waals surface area contributed by atoms with Gasteiger partial charge in [-0.3, -0.25) is 33.6 Å². The van der Waals surface area contributed by atoms with E-state index in [1.807, 2.05) is 56.3 Å². The number of carbonyl (C=O) groups is 5. The molecule has 6 aromatic rings. The maximum absolute atomic E-state index is 15.2. The molecule has 4 aromatic carbocycles. The third-order valence-electron chi connectivity index (χ3n) is 13.7. The summed E-state index contributed by atoms with van der Waals surface area (Å²) in [5.74, 6) is -4.55. The molecule has 6 atom stereocenters. The number of phenolic OH excluding ortho intramolecular Hbond substituents is 1. The van der Waals surface area contributed by atoms with Crippen LogP contribution in [-0.4, -0.2) is 51.4 Å². The Morgan fingerprint density at radius 3 is 2.40 bits per heavy atom. The van der Waals surface area contributed by atoms with Crippen LogP contribution in [0.1, 0.15) is 46.8 Å². The molecule has 2 saturated heterocycles. The minimum Gasteiger partial charge on any atom is -0.504 e. The van der Waals surface area contributed by atoms with E-state index in [0.717, 1.165) is 26.1 Å². The lowest BCUT2D eigenvalue weighted by Gasteiger charge is -2.47. The van der Waals surface area contributed by atoms with Crippen molar-refractivity contribution in [2.45, 2.75) is 26.7 Å². The van der Waals surface area contributed by atoms with Gasteiger partial charge in [-0.25, -0.2) is 4.90 Å². The zero-order valence-corrected chi connectivity index (χ0v) is 36.3. The quantitative estimate of drug-likeness (QED) is 0.0908. The number of rotatable bonds is 8. The number of benzene rings is 4. The van der Waals surface area contributed by atoms with Crippen LogP contribution in [0.2, 0.25) is 5.02 Å². The largest absolute Gasteiger partial charge is 0.504 e. The fourth-order valence-corrected chi connectivity index (χ4v) is 11.7. The molecule has 2 aliphatic carbocycles. The molecular formula is C50H41ClN4O7S. The number of aryl methyl sites for hydroxylation is 2. The van der Waals surface area contributed by atoms with Crippen LogP contribution >= 0.6 is 22.9 Å². The average molecular weight is 877 g/mol. The summed E-state index contributed by atoms with van der Waals surface area (Å²) in [6.07, 6.45) is 6.20. The van der Waals surface area contributed by atoms with Crippen LogP contribution in [0.3, 0.4) is 0 Å². The lowest BCUT2D eigenvalue weighted by Crippen LogP contribution is -2.49. The van der Waals surface area contributed by atoms with Crippen molar-refractivity contribution in [1.29, 1.82) is 0 Å². The zero-order valence-electron chi connectivity index (χ0n) is 34.7. The average Bonchev–Trinajstić information content (AvgIpc) is 3.96. The van der Waals surface area contributed by atoms with Crippen LogP contribution in [0.25, 0.3) is 26.7 Å². The normalized spacial score (nSPS) is 24.3. The SMILES string of the molecule is COc1cc(C=CC2C3=CCC4C(=O)N(c5ccc(C(=O)c6ccccc6)cc5)C(=O)C4C3CC3C(=O)N(c4cc(-c5sc6ccc(Cl)cc6c5C)nn4C)C(=O)C23C)ccc1O. The molecule has 0 bridgehead atoms. The summed E-state index contributed by atoms with van der Waals surface area (Å²) in [6.45, 7) is 3.83. The number of halogens is 1. The summed E-state index contributed by atoms with van der Waals surface area (Å²) < 4.78 is 7.97. The highest BCUT2D eigenvalue weighted by atomic mass is 35.5. The minimum absolute atomic E-state index is 0.0239. The van der Waals surface area contributed by atoms with E-state index < -0.39 is 40.9 Å². The number of ether oxygens (including phenoxy) is 1. The van der Waals surface area contributed by atoms with Crippen LogP contribution in [0.4, 0.5) is 11.5 Å². The number of anilines is 2. The number of ketones is 1. The monoisotopic (exact) mass is 876 g/mol. The van der Waals surface area contributed by atoms with Crippen molar-refractivity contribution in [1.82, 2.24) is 9.78 Å². The lowest BCUT2D eigenvalue weighted by atomic mass is 9.52. The molecule has 1 saturated carbocycles. The fraction of sp³-hybridized carbons (Fsp3) is 0.240. The number of phenols is 1. The smallest absolute Gasteiger partial charge is 0.242 e. The summed E-state index contributed by atoms with van der Waals surface area (Å²) in [4.78, 5) is 75.7. The summed E-state index contributed by atoms with van der Waals surface area (Å²) in [6, 6.07) is 27.8. The number of fused-ring (bicyclic) bond motifs is 5. The van der Waals surface area contributed by atoms with Crippen molar-refractivity contribution in [2.75, 3.05) is 16.9 Å². The number of hydrogen-bond donors (Lipinski definition) is 1. The predicted molar refractivity (Wildman–Crippen MR) is 242 cm³/mol. The van der Waals surface area contributed by atoms with Crippen molar-refractivity contribution in [3.8, 4) is 22.1 Å². The number of methoxy groups -OCH3 is 1. The van der Waals surface area contributed by atoms with E-state index in [1.54, 1.807) is 89.8 Å². The fourth-order valence-electron chi connectivity index (χ4n) is 10.4. The molecule has 11 nitrogen and oxygen atoms in total. The predicted octanol–water partition coefficient (Wildman–Crippen LogP) is 9.19. The van der Waals surface area contributed by atoms with Crippen molar-refractivity contribution < 1.29 is 33.8 Å². The van der Waals surface area contributed by atoms with E-state index in [-0.39, 0.29) is 47.8 Å². The second-order valence-corrected chi connectivity index (χ2v) is 18.4. The van der Waals surface area contributed by atoms with Crippen LogP contribution in [0.15, 0.2) is 115 Å². The number of allylic oxidation sites excluding steroid dienone is 3. The Balaban J connectivity index is 1.02. The molecule has 13 heteroatoms. The van der Waals surface area contributed by atoms with Gasteiger partial charge in [0.05, 0.1) is 40.8 Å². The second kappa shape index (κ2) is 15.0. The van der Waals surface area contributed by atoms with Gasteiger partial charge in [0.1, 0.15) is 11.5 Å². The first kappa shape index (κ1) is 40.4. The first-order valence-electron chi connectivity index (χ1n) is 20.7. The van der Waals surface area contributed by atoms with Crippen LogP contribution < -0.4 is 14.5 Å². The maximum atomic E-state index is 15.2. The Labute approximate surface area is 371 Å². The molecule has 316 valence electrons. The van der Waals surface area contributed by atoms with Crippen LogP contribution in [0.5, 0.6) is 11.5 Å². The van der Waals surface area contributed by atoms with Crippen molar-refractivity contribution in [3.05, 3.63) is 142 Å². The molecule has 3 fully saturated rings. The van der Waals surface area contributed by atoms with Gasteiger partial charge in [0, 0.05) is 39.9 Å². The van der Waals surface area contributed by atoms with Gasteiger partial charge in [-0.2, -0.15) is 5.10 Å². The van der Waals surface area contributed by atoms with Gasteiger partial charge in [0.25, 0.3) is 0 Å². The van der Waals surface area contributed by atoms with Gasteiger partial charge in [-0.05, 0) is 104 Å². The molecule has 0 spiro atoms. The number of aromatic nitrogens is 2. The van der Waals surface area contributed by atoms with E-state index >= 15 is 9.59 Å². The maximum Gasteiger partial charge on any atom is 0.242 e. The van der Waals surface area contributed by atoms with Gasteiger partial charge in [-0.1, -0.05) is 71.8 Å². The summed E-state index contributed by atoms with van der Waals surface area (Å²) in [5, 5.41) is 16.8. The molecule has 6 unspecified atom stereocenters.